The lowest BCUT2D eigenvalue weighted by Crippen LogP contribution is -2.43. The van der Waals surface area contributed by atoms with Crippen molar-refractivity contribution in [2.24, 2.45) is 5.92 Å². The van der Waals surface area contributed by atoms with Crippen molar-refractivity contribution < 1.29 is 22.8 Å². The number of benzene rings is 2. The lowest BCUT2D eigenvalue weighted by Gasteiger charge is -2.31. The number of rotatable bonds is 4. The smallest absolute Gasteiger partial charge is 0.259 e. The van der Waals surface area contributed by atoms with Crippen molar-refractivity contribution in [3.05, 3.63) is 58.6 Å². The van der Waals surface area contributed by atoms with Crippen LogP contribution in [0.5, 0.6) is 0 Å². The molecule has 4 rings (SSSR count). The second-order valence-corrected chi connectivity index (χ2v) is 9.56. The molecule has 1 saturated heterocycles. The quantitative estimate of drug-likeness (QED) is 0.698. The molecule has 0 unspecified atom stereocenters. The number of halogens is 1. The predicted octanol–water partition coefficient (Wildman–Crippen LogP) is 2.26. The molecule has 3 amide bonds. The largest absolute Gasteiger partial charge is 0.326 e. The first-order chi connectivity index (χ1) is 14.3. The Labute approximate surface area is 178 Å². The van der Waals surface area contributed by atoms with E-state index in [2.05, 4.69) is 10.6 Å². The van der Waals surface area contributed by atoms with Gasteiger partial charge >= 0.3 is 0 Å². The Morgan fingerprint density at radius 2 is 1.77 bits per heavy atom. The van der Waals surface area contributed by atoms with Gasteiger partial charge in [-0.2, -0.15) is 4.31 Å². The summed E-state index contributed by atoms with van der Waals surface area (Å²) in [6.07, 6.45) is 1.09. The highest BCUT2D eigenvalue weighted by atomic mass is 35.5. The van der Waals surface area contributed by atoms with Crippen LogP contribution in [0.25, 0.3) is 0 Å². The molecule has 0 aromatic heterocycles. The average molecular weight is 448 g/mol. The predicted molar refractivity (Wildman–Crippen MR) is 110 cm³/mol. The van der Waals surface area contributed by atoms with E-state index < -0.39 is 27.8 Å². The van der Waals surface area contributed by atoms with Gasteiger partial charge < -0.3 is 5.32 Å². The Morgan fingerprint density at radius 1 is 1.07 bits per heavy atom. The summed E-state index contributed by atoms with van der Waals surface area (Å²) in [5.74, 6) is -1.85. The Hall–Kier alpha value is -2.75. The number of imide groups is 1. The molecule has 30 heavy (non-hydrogen) atoms. The molecule has 2 aliphatic rings. The number of hydrogen-bond donors (Lipinski definition) is 2. The number of hydrogen-bond acceptors (Lipinski definition) is 5. The van der Waals surface area contributed by atoms with Crippen LogP contribution in [0.2, 0.25) is 5.02 Å². The number of anilines is 1. The highest BCUT2D eigenvalue weighted by Crippen LogP contribution is 2.26. The molecule has 10 heteroatoms. The van der Waals surface area contributed by atoms with Crippen molar-refractivity contribution in [1.29, 1.82) is 0 Å². The molecule has 0 radical (unpaired) electrons. The first-order valence-corrected chi connectivity index (χ1v) is 11.1. The highest BCUT2D eigenvalue weighted by Gasteiger charge is 2.34. The lowest BCUT2D eigenvalue weighted by molar-refractivity contribution is -0.120. The summed E-state index contributed by atoms with van der Waals surface area (Å²) >= 11 is 5.84. The van der Waals surface area contributed by atoms with Crippen molar-refractivity contribution in [2.45, 2.75) is 17.7 Å². The van der Waals surface area contributed by atoms with Gasteiger partial charge in [0.15, 0.2) is 0 Å². The second-order valence-electron chi connectivity index (χ2n) is 7.19. The third-order valence-corrected chi connectivity index (χ3v) is 7.34. The summed E-state index contributed by atoms with van der Waals surface area (Å²) in [4.78, 5) is 36.3. The zero-order chi connectivity index (χ0) is 21.5. The summed E-state index contributed by atoms with van der Waals surface area (Å²) in [6, 6.07) is 10.4. The topological polar surface area (TPSA) is 113 Å². The van der Waals surface area contributed by atoms with Gasteiger partial charge in [0.2, 0.25) is 15.9 Å². The van der Waals surface area contributed by atoms with Crippen LogP contribution in [0, 0.1) is 5.92 Å². The fourth-order valence-electron chi connectivity index (χ4n) is 3.62. The van der Waals surface area contributed by atoms with Gasteiger partial charge in [0.25, 0.3) is 11.8 Å². The van der Waals surface area contributed by atoms with Gasteiger partial charge in [-0.15, -0.1) is 0 Å². The van der Waals surface area contributed by atoms with E-state index in [0.29, 0.717) is 30.1 Å². The first-order valence-electron chi connectivity index (χ1n) is 9.32. The van der Waals surface area contributed by atoms with Gasteiger partial charge in [0.05, 0.1) is 21.9 Å². The Morgan fingerprint density at radius 3 is 2.50 bits per heavy atom. The number of carbonyl (C=O) groups excluding carboxylic acids is 3. The van der Waals surface area contributed by atoms with Crippen molar-refractivity contribution in [2.75, 3.05) is 18.4 Å². The molecule has 2 aromatic rings. The standard InChI is InChI=1S/C20H18ClN3O5S/c21-13-3-6-15(7-4-13)30(28,29)24-9-1-2-12(11-24)18(25)22-14-5-8-16-17(10-14)20(27)23-19(16)26/h3-8,10,12H,1-2,9,11H2,(H,22,25)(H,23,26,27)/t12-/m0/s1. The number of nitrogens with one attached hydrogen (secondary N) is 2. The summed E-state index contributed by atoms with van der Waals surface area (Å²) in [7, 11) is -3.74. The van der Waals surface area contributed by atoms with Gasteiger partial charge in [-0.05, 0) is 55.3 Å². The van der Waals surface area contributed by atoms with Gasteiger partial charge in [0.1, 0.15) is 0 Å². The minimum Gasteiger partial charge on any atom is -0.326 e. The number of sulfonamides is 1. The van der Waals surface area contributed by atoms with Gasteiger partial charge in [0, 0.05) is 23.8 Å². The monoisotopic (exact) mass is 447 g/mol. The van der Waals surface area contributed by atoms with Crippen LogP contribution in [0.4, 0.5) is 5.69 Å². The van der Waals surface area contributed by atoms with E-state index in [1.807, 2.05) is 0 Å². The van der Waals surface area contributed by atoms with Crippen LogP contribution in [0.3, 0.4) is 0 Å². The molecular weight excluding hydrogens is 430 g/mol. The number of amides is 3. The van der Waals surface area contributed by atoms with Crippen LogP contribution in [0.1, 0.15) is 33.6 Å². The van der Waals surface area contributed by atoms with Crippen molar-refractivity contribution >= 4 is 45.0 Å². The third kappa shape index (κ3) is 3.83. The molecule has 1 atom stereocenters. The number of nitrogens with zero attached hydrogens (tertiary/aromatic N) is 1. The van der Waals surface area contributed by atoms with Crippen molar-refractivity contribution in [3.8, 4) is 0 Å². The molecule has 0 aliphatic carbocycles. The van der Waals surface area contributed by atoms with E-state index in [4.69, 9.17) is 11.6 Å². The Kier molecular flexibility index (Phi) is 5.35. The van der Waals surface area contributed by atoms with Crippen LogP contribution in [0.15, 0.2) is 47.4 Å². The maximum Gasteiger partial charge on any atom is 0.259 e. The molecule has 8 nitrogen and oxygen atoms in total. The fourth-order valence-corrected chi connectivity index (χ4v) is 5.27. The van der Waals surface area contributed by atoms with E-state index in [1.165, 1.54) is 40.7 Å². The molecule has 0 spiro atoms. The maximum absolute atomic E-state index is 12.9. The fraction of sp³-hybridized carbons (Fsp3) is 0.250. The van der Waals surface area contributed by atoms with Gasteiger partial charge in [-0.3, -0.25) is 19.7 Å². The van der Waals surface area contributed by atoms with Gasteiger partial charge in [-0.25, -0.2) is 8.42 Å². The molecular formula is C20H18ClN3O5S. The van der Waals surface area contributed by atoms with Gasteiger partial charge in [-0.1, -0.05) is 11.6 Å². The Bertz CT molecular complexity index is 1150. The molecule has 2 N–H and O–H groups in total. The summed E-state index contributed by atoms with van der Waals surface area (Å²) in [5.41, 5.74) is 0.838. The van der Waals surface area contributed by atoms with Crippen molar-refractivity contribution in [3.63, 3.8) is 0 Å². The summed E-state index contributed by atoms with van der Waals surface area (Å²) in [6.45, 7) is 0.385. The van der Waals surface area contributed by atoms with Crippen LogP contribution < -0.4 is 10.6 Å². The molecule has 1 fully saturated rings. The van der Waals surface area contributed by atoms with E-state index in [9.17, 15) is 22.8 Å². The lowest BCUT2D eigenvalue weighted by atomic mass is 9.98. The van der Waals surface area contributed by atoms with E-state index in [0.717, 1.165) is 0 Å². The normalized spacial score (nSPS) is 19.3. The first kappa shape index (κ1) is 20.5. The molecule has 2 aliphatic heterocycles. The zero-order valence-electron chi connectivity index (χ0n) is 15.7. The molecule has 0 bridgehead atoms. The SMILES string of the molecule is O=C1NC(=O)c2cc(NC(=O)[C@H]3CCCN(S(=O)(=O)c4ccc(Cl)cc4)C3)ccc21. The van der Waals surface area contributed by atoms with E-state index in [1.54, 1.807) is 6.07 Å². The maximum atomic E-state index is 12.9. The Balaban J connectivity index is 1.48. The minimum absolute atomic E-state index is 0.0563. The van der Waals surface area contributed by atoms with Crippen LogP contribution >= 0.6 is 11.6 Å². The highest BCUT2D eigenvalue weighted by molar-refractivity contribution is 7.89. The third-order valence-electron chi connectivity index (χ3n) is 5.21. The second kappa shape index (κ2) is 7.82. The van der Waals surface area contributed by atoms with E-state index in [-0.39, 0.29) is 28.5 Å². The molecule has 156 valence electrons. The zero-order valence-corrected chi connectivity index (χ0v) is 17.3. The number of fused-ring (bicyclic) bond motifs is 1. The molecule has 2 aromatic carbocycles. The number of piperidine rings is 1. The average Bonchev–Trinajstić information content (AvgIpc) is 3.01. The summed E-state index contributed by atoms with van der Waals surface area (Å²) in [5, 5.41) is 5.36. The number of carbonyl (C=O) groups is 3. The molecule has 0 saturated carbocycles. The minimum atomic E-state index is -3.74. The molecule has 2 heterocycles. The van der Waals surface area contributed by atoms with E-state index >= 15 is 0 Å². The van der Waals surface area contributed by atoms with Crippen LogP contribution in [-0.2, 0) is 14.8 Å². The summed E-state index contributed by atoms with van der Waals surface area (Å²) < 4.78 is 27.1. The van der Waals surface area contributed by atoms with Crippen LogP contribution in [-0.4, -0.2) is 43.5 Å². The van der Waals surface area contributed by atoms with Crippen molar-refractivity contribution in [1.82, 2.24) is 9.62 Å².